The van der Waals surface area contributed by atoms with Gasteiger partial charge >= 0.3 is 11.9 Å². The molecule has 3 aromatic rings. The number of rotatable bonds is 4. The Morgan fingerprint density at radius 2 is 1.79 bits per heavy atom. The van der Waals surface area contributed by atoms with Gasteiger partial charge in [-0.1, -0.05) is 29.3 Å². The van der Waals surface area contributed by atoms with Gasteiger partial charge in [-0.2, -0.15) is 18.2 Å². The molecule has 28 heavy (non-hydrogen) atoms. The van der Waals surface area contributed by atoms with Gasteiger partial charge in [-0.25, -0.2) is 4.79 Å². The average Bonchev–Trinajstić information content (AvgIpc) is 2.97. The summed E-state index contributed by atoms with van der Waals surface area (Å²) >= 11 is 11.9. The van der Waals surface area contributed by atoms with Gasteiger partial charge in [0.2, 0.25) is 0 Å². The highest BCUT2D eigenvalue weighted by Gasteiger charge is 2.30. The van der Waals surface area contributed by atoms with Gasteiger partial charge in [0, 0.05) is 14.1 Å². The van der Waals surface area contributed by atoms with Crippen molar-refractivity contribution in [1.82, 2.24) is 18.7 Å². The third kappa shape index (κ3) is 3.74. The van der Waals surface area contributed by atoms with E-state index in [9.17, 15) is 22.8 Å². The molecule has 0 aliphatic carbocycles. The van der Waals surface area contributed by atoms with E-state index in [-0.39, 0.29) is 22.7 Å². The summed E-state index contributed by atoms with van der Waals surface area (Å²) in [4.78, 5) is 28.7. The Labute approximate surface area is 165 Å². The highest BCUT2D eigenvalue weighted by atomic mass is 35.5. The van der Waals surface area contributed by atoms with Gasteiger partial charge in [0.25, 0.3) is 11.6 Å². The molecule has 3 rings (SSSR count). The second-order valence-electron chi connectivity index (χ2n) is 6.01. The summed E-state index contributed by atoms with van der Waals surface area (Å²) in [6.45, 7) is -1.68. The fraction of sp³-hybridized carbons (Fsp3) is 0.312. The van der Waals surface area contributed by atoms with Gasteiger partial charge in [-0.15, -0.1) is 0 Å². The second-order valence-corrected chi connectivity index (χ2v) is 6.83. The molecule has 0 unspecified atom stereocenters. The summed E-state index contributed by atoms with van der Waals surface area (Å²) < 4.78 is 45.7. The molecule has 2 heterocycles. The maximum absolute atomic E-state index is 12.6. The van der Waals surface area contributed by atoms with Crippen molar-refractivity contribution in [3.05, 3.63) is 54.6 Å². The molecule has 0 saturated carbocycles. The zero-order valence-electron chi connectivity index (χ0n) is 14.5. The normalized spacial score (nSPS) is 12.0. The maximum atomic E-state index is 12.6. The number of halogens is 5. The van der Waals surface area contributed by atoms with Crippen molar-refractivity contribution in [3.63, 3.8) is 0 Å². The minimum Gasteiger partial charge on any atom is -0.455 e. The summed E-state index contributed by atoms with van der Waals surface area (Å²) in [7, 11) is 2.62. The smallest absolute Gasteiger partial charge is 0.422 e. The molecule has 7 nitrogen and oxygen atoms in total. The number of nitrogens with zero attached hydrogens (tertiary/aromatic N) is 4. The number of imidazole rings is 1. The van der Waals surface area contributed by atoms with E-state index in [1.807, 2.05) is 0 Å². The molecule has 0 fully saturated rings. The standard InChI is InChI=1S/C16H13Cl2F3N4O3/c1-23-12-11(13(26)24(2)15(23)27)25(14(22-12)28-7-16(19,20)21)6-8-3-4-9(17)10(18)5-8/h3-5H,6-7H2,1-2H3. The molecule has 2 aromatic heterocycles. The number of aromatic nitrogens is 4. The van der Waals surface area contributed by atoms with Crippen LogP contribution < -0.4 is 16.0 Å². The molecule has 150 valence electrons. The summed E-state index contributed by atoms with van der Waals surface area (Å²) in [5, 5.41) is 0.536. The third-order valence-corrected chi connectivity index (χ3v) is 4.74. The predicted molar refractivity (Wildman–Crippen MR) is 97.3 cm³/mol. The zero-order chi connectivity index (χ0) is 20.8. The van der Waals surface area contributed by atoms with Crippen LogP contribution >= 0.6 is 23.2 Å². The van der Waals surface area contributed by atoms with Crippen LogP contribution in [0.4, 0.5) is 13.2 Å². The van der Waals surface area contributed by atoms with Crippen LogP contribution in [0.3, 0.4) is 0 Å². The Morgan fingerprint density at radius 3 is 2.39 bits per heavy atom. The largest absolute Gasteiger partial charge is 0.455 e. The highest BCUT2D eigenvalue weighted by molar-refractivity contribution is 6.42. The number of benzene rings is 1. The van der Waals surface area contributed by atoms with E-state index in [1.165, 1.54) is 30.8 Å². The lowest BCUT2D eigenvalue weighted by Gasteiger charge is -2.12. The number of hydrogen-bond donors (Lipinski definition) is 0. The van der Waals surface area contributed by atoms with Crippen LogP contribution in [-0.2, 0) is 20.6 Å². The molecule has 1 aromatic carbocycles. The van der Waals surface area contributed by atoms with E-state index in [2.05, 4.69) is 4.98 Å². The van der Waals surface area contributed by atoms with Crippen molar-refractivity contribution in [2.45, 2.75) is 12.7 Å². The van der Waals surface area contributed by atoms with E-state index >= 15 is 0 Å². The number of aryl methyl sites for hydroxylation is 1. The first-order valence-corrected chi connectivity index (χ1v) is 8.55. The number of fused-ring (bicyclic) bond motifs is 1. The molecule has 0 bridgehead atoms. The lowest BCUT2D eigenvalue weighted by Crippen LogP contribution is -2.37. The average molecular weight is 437 g/mol. The molecule has 0 spiro atoms. The van der Waals surface area contributed by atoms with E-state index in [1.54, 1.807) is 6.07 Å². The van der Waals surface area contributed by atoms with Crippen LogP contribution in [0.1, 0.15) is 5.56 Å². The summed E-state index contributed by atoms with van der Waals surface area (Å²) in [5.41, 5.74) is -1.01. The van der Waals surface area contributed by atoms with Crippen molar-refractivity contribution in [2.75, 3.05) is 6.61 Å². The first-order chi connectivity index (χ1) is 13.0. The highest BCUT2D eigenvalue weighted by Crippen LogP contribution is 2.26. The molecule has 0 radical (unpaired) electrons. The minimum atomic E-state index is -4.61. The lowest BCUT2D eigenvalue weighted by molar-refractivity contribution is -0.155. The first kappa shape index (κ1) is 20.3. The first-order valence-electron chi connectivity index (χ1n) is 7.79. The van der Waals surface area contributed by atoms with Crippen molar-refractivity contribution in [2.24, 2.45) is 14.1 Å². The molecule has 0 aliphatic heterocycles. The summed E-state index contributed by atoms with van der Waals surface area (Å²) in [5.74, 6) is 0. The van der Waals surface area contributed by atoms with Crippen LogP contribution in [0.25, 0.3) is 11.2 Å². The van der Waals surface area contributed by atoms with Gasteiger partial charge in [-0.05, 0) is 17.7 Å². The van der Waals surface area contributed by atoms with Crippen LogP contribution in [0.2, 0.25) is 10.0 Å². The van der Waals surface area contributed by atoms with Gasteiger partial charge in [-0.3, -0.25) is 18.5 Å². The Hall–Kier alpha value is -2.46. The minimum absolute atomic E-state index is 0.0754. The second kappa shape index (κ2) is 7.17. The Kier molecular flexibility index (Phi) is 5.20. The zero-order valence-corrected chi connectivity index (χ0v) is 16.1. The lowest BCUT2D eigenvalue weighted by atomic mass is 10.2. The van der Waals surface area contributed by atoms with Crippen molar-refractivity contribution in [1.29, 1.82) is 0 Å². The maximum Gasteiger partial charge on any atom is 0.422 e. The Morgan fingerprint density at radius 1 is 1.11 bits per heavy atom. The van der Waals surface area contributed by atoms with Crippen LogP contribution in [0.5, 0.6) is 6.01 Å². The number of hydrogen-bond acceptors (Lipinski definition) is 4. The number of ether oxygens (including phenoxy) is 1. The molecule has 0 aliphatic rings. The van der Waals surface area contributed by atoms with E-state index in [0.717, 1.165) is 9.13 Å². The topological polar surface area (TPSA) is 71.1 Å². The third-order valence-electron chi connectivity index (χ3n) is 4.00. The SMILES string of the molecule is Cn1c(=O)c2c(nc(OCC(F)(F)F)n2Cc2ccc(Cl)c(Cl)c2)n(C)c1=O. The Bertz CT molecular complexity index is 1180. The molecule has 12 heteroatoms. The van der Waals surface area contributed by atoms with Crippen LogP contribution in [-0.4, -0.2) is 31.5 Å². The monoisotopic (exact) mass is 436 g/mol. The molecule has 0 atom stereocenters. The number of alkyl halides is 3. The van der Waals surface area contributed by atoms with Crippen LogP contribution in [0, 0.1) is 0 Å². The van der Waals surface area contributed by atoms with Crippen LogP contribution in [0.15, 0.2) is 27.8 Å². The predicted octanol–water partition coefficient (Wildman–Crippen LogP) is 2.73. The molecular weight excluding hydrogens is 424 g/mol. The van der Waals surface area contributed by atoms with Crippen molar-refractivity contribution >= 4 is 34.4 Å². The molecule has 0 saturated heterocycles. The van der Waals surface area contributed by atoms with Crippen molar-refractivity contribution < 1.29 is 17.9 Å². The molecule has 0 N–H and O–H groups in total. The van der Waals surface area contributed by atoms with Gasteiger partial charge < -0.3 is 4.74 Å². The Balaban J connectivity index is 2.22. The van der Waals surface area contributed by atoms with E-state index < -0.39 is 30.0 Å². The summed E-state index contributed by atoms with van der Waals surface area (Å²) in [6, 6.07) is 4.18. The fourth-order valence-electron chi connectivity index (χ4n) is 2.65. The molecule has 0 amide bonds. The summed E-state index contributed by atoms with van der Waals surface area (Å²) in [6.07, 6.45) is -4.61. The van der Waals surface area contributed by atoms with E-state index in [0.29, 0.717) is 10.6 Å². The fourth-order valence-corrected chi connectivity index (χ4v) is 2.97. The molecular formula is C16H13Cl2F3N4O3. The van der Waals surface area contributed by atoms with E-state index in [4.69, 9.17) is 27.9 Å². The van der Waals surface area contributed by atoms with Gasteiger partial charge in [0.1, 0.15) is 0 Å². The van der Waals surface area contributed by atoms with Gasteiger partial charge in [0.15, 0.2) is 17.8 Å². The quantitative estimate of drug-likeness (QED) is 0.630. The van der Waals surface area contributed by atoms with Crippen molar-refractivity contribution in [3.8, 4) is 6.01 Å². The van der Waals surface area contributed by atoms with Gasteiger partial charge in [0.05, 0.1) is 16.6 Å².